The Morgan fingerprint density at radius 3 is 2.75 bits per heavy atom. The molecule has 4 nitrogen and oxygen atoms in total. The van der Waals surface area contributed by atoms with Crippen LogP contribution in [0.3, 0.4) is 0 Å². The minimum atomic E-state index is -0.320. The highest BCUT2D eigenvalue weighted by Gasteiger charge is 2.20. The van der Waals surface area contributed by atoms with E-state index >= 15 is 0 Å². The lowest BCUT2D eigenvalue weighted by Gasteiger charge is -2.01. The van der Waals surface area contributed by atoms with Crippen LogP contribution in [-0.4, -0.2) is 15.9 Å². The lowest BCUT2D eigenvalue weighted by atomic mass is 10.1. The van der Waals surface area contributed by atoms with Crippen LogP contribution in [0.4, 0.5) is 0 Å². The first kappa shape index (κ1) is 15.3. The molecule has 1 unspecified atom stereocenters. The second-order valence-electron chi connectivity index (χ2n) is 4.33. The maximum absolute atomic E-state index is 11.6. The van der Waals surface area contributed by atoms with Crippen LogP contribution < -0.4 is 0 Å². The van der Waals surface area contributed by atoms with E-state index in [9.17, 15) is 4.79 Å². The Hall–Kier alpha value is -1.14. The molecule has 0 bridgehead atoms. The molecule has 2 aromatic rings. The first-order valence-corrected chi connectivity index (χ1v) is 8.11. The molecule has 1 atom stereocenters. The van der Waals surface area contributed by atoms with Gasteiger partial charge in [0.05, 0.1) is 11.7 Å². The van der Waals surface area contributed by atoms with E-state index in [2.05, 4.69) is 26.1 Å². The van der Waals surface area contributed by atoms with Gasteiger partial charge in [0.2, 0.25) is 5.89 Å². The van der Waals surface area contributed by atoms with Crippen LogP contribution in [0.2, 0.25) is 0 Å². The van der Waals surface area contributed by atoms with Crippen LogP contribution >= 0.6 is 27.7 Å². The molecule has 1 aromatic heterocycles. The van der Waals surface area contributed by atoms with E-state index in [1.54, 1.807) is 18.7 Å². The van der Waals surface area contributed by atoms with Gasteiger partial charge in [0.25, 0.3) is 0 Å². The summed E-state index contributed by atoms with van der Waals surface area (Å²) >= 11 is 5.03. The normalized spacial score (nSPS) is 12.3. The minimum Gasteiger partial charge on any atom is -0.339 e. The number of Topliss-reactive ketones (excluding diaryl/α,β-unsaturated/α-hetero) is 1. The molecule has 1 heterocycles. The Balaban J connectivity index is 1.96. The zero-order valence-electron chi connectivity index (χ0n) is 11.3. The molecule has 0 aliphatic carbocycles. The fraction of sp³-hybridized carbons (Fsp3) is 0.357. The number of carbonyl (C=O) groups excluding carboxylic acids is 1. The SMILES string of the molecule is CCC(=O)C(C)c1nc(CSc2ccc(Br)cc2)no1. The number of ketones is 1. The van der Waals surface area contributed by atoms with E-state index in [-0.39, 0.29) is 11.7 Å². The smallest absolute Gasteiger partial charge is 0.236 e. The lowest BCUT2D eigenvalue weighted by molar-refractivity contribution is -0.120. The number of nitrogens with zero attached hydrogens (tertiary/aromatic N) is 2. The van der Waals surface area contributed by atoms with Gasteiger partial charge in [-0.2, -0.15) is 4.98 Å². The summed E-state index contributed by atoms with van der Waals surface area (Å²) in [6.45, 7) is 3.63. The zero-order chi connectivity index (χ0) is 14.5. The number of benzene rings is 1. The zero-order valence-corrected chi connectivity index (χ0v) is 13.7. The van der Waals surface area contributed by atoms with E-state index in [0.717, 1.165) is 9.37 Å². The third-order valence-corrected chi connectivity index (χ3v) is 4.40. The van der Waals surface area contributed by atoms with Gasteiger partial charge in [-0.1, -0.05) is 28.0 Å². The largest absolute Gasteiger partial charge is 0.339 e. The average molecular weight is 355 g/mol. The highest BCUT2D eigenvalue weighted by molar-refractivity contribution is 9.10. The number of thioether (sulfide) groups is 1. The first-order valence-electron chi connectivity index (χ1n) is 6.33. The summed E-state index contributed by atoms with van der Waals surface area (Å²) < 4.78 is 6.21. The molecule has 0 radical (unpaired) electrons. The van der Waals surface area contributed by atoms with Crippen molar-refractivity contribution in [2.24, 2.45) is 0 Å². The molecule has 20 heavy (non-hydrogen) atoms. The van der Waals surface area contributed by atoms with Gasteiger partial charge >= 0.3 is 0 Å². The van der Waals surface area contributed by atoms with Crippen LogP contribution in [0.1, 0.15) is 37.9 Å². The van der Waals surface area contributed by atoms with E-state index in [1.165, 1.54) is 0 Å². The van der Waals surface area contributed by atoms with E-state index in [0.29, 0.717) is 23.9 Å². The van der Waals surface area contributed by atoms with Gasteiger partial charge in [0.15, 0.2) is 5.82 Å². The Morgan fingerprint density at radius 1 is 1.40 bits per heavy atom. The maximum atomic E-state index is 11.6. The standard InChI is InChI=1S/C14H15BrN2O2S/c1-3-12(18)9(2)14-16-13(17-19-14)8-20-11-6-4-10(15)5-7-11/h4-7,9H,3,8H2,1-2H3. The second kappa shape index (κ2) is 7.04. The van der Waals surface area contributed by atoms with E-state index < -0.39 is 0 Å². The Kier molecular flexibility index (Phi) is 5.37. The van der Waals surface area contributed by atoms with Crippen LogP contribution in [0.5, 0.6) is 0 Å². The van der Waals surface area contributed by atoms with Gasteiger partial charge < -0.3 is 4.52 Å². The van der Waals surface area contributed by atoms with Crippen molar-refractivity contribution >= 4 is 33.5 Å². The Labute approximate surface area is 130 Å². The molecular formula is C14H15BrN2O2S. The van der Waals surface area contributed by atoms with Gasteiger partial charge in [0, 0.05) is 15.8 Å². The van der Waals surface area contributed by atoms with Crippen molar-refractivity contribution in [1.29, 1.82) is 0 Å². The molecule has 0 saturated heterocycles. The predicted molar refractivity (Wildman–Crippen MR) is 81.7 cm³/mol. The summed E-state index contributed by atoms with van der Waals surface area (Å²) in [5.41, 5.74) is 0. The van der Waals surface area contributed by atoms with E-state index in [4.69, 9.17) is 4.52 Å². The topological polar surface area (TPSA) is 56.0 Å². The molecule has 0 fully saturated rings. The predicted octanol–water partition coefficient (Wildman–Crippen LogP) is 4.21. The number of aromatic nitrogens is 2. The maximum Gasteiger partial charge on any atom is 0.236 e. The van der Waals surface area contributed by atoms with Gasteiger partial charge in [-0.05, 0) is 31.2 Å². The van der Waals surface area contributed by atoms with Gasteiger partial charge in [-0.15, -0.1) is 11.8 Å². The molecule has 0 amide bonds. The van der Waals surface area contributed by atoms with Crippen molar-refractivity contribution in [1.82, 2.24) is 10.1 Å². The summed E-state index contributed by atoms with van der Waals surface area (Å²) in [7, 11) is 0. The average Bonchev–Trinajstić information content (AvgIpc) is 2.94. The van der Waals surface area contributed by atoms with Crippen LogP contribution in [0, 0.1) is 0 Å². The van der Waals surface area contributed by atoms with Crippen molar-refractivity contribution in [2.45, 2.75) is 36.8 Å². The van der Waals surface area contributed by atoms with Gasteiger partial charge in [0.1, 0.15) is 5.78 Å². The number of rotatable bonds is 6. The van der Waals surface area contributed by atoms with Crippen molar-refractivity contribution in [2.75, 3.05) is 0 Å². The molecule has 0 saturated carbocycles. The third kappa shape index (κ3) is 3.93. The van der Waals surface area contributed by atoms with Crippen molar-refractivity contribution in [3.63, 3.8) is 0 Å². The molecule has 106 valence electrons. The summed E-state index contributed by atoms with van der Waals surface area (Å²) in [6.07, 6.45) is 0.479. The van der Waals surface area contributed by atoms with E-state index in [1.807, 2.05) is 31.2 Å². The second-order valence-corrected chi connectivity index (χ2v) is 6.30. The Morgan fingerprint density at radius 2 is 2.10 bits per heavy atom. The lowest BCUT2D eigenvalue weighted by Crippen LogP contribution is -2.07. The molecule has 1 aromatic carbocycles. The highest BCUT2D eigenvalue weighted by atomic mass is 79.9. The third-order valence-electron chi connectivity index (χ3n) is 2.87. The number of carbonyl (C=O) groups is 1. The molecule has 0 N–H and O–H groups in total. The number of hydrogen-bond donors (Lipinski definition) is 0. The van der Waals surface area contributed by atoms with Gasteiger partial charge in [-0.25, -0.2) is 0 Å². The van der Waals surface area contributed by atoms with Crippen LogP contribution in [0.25, 0.3) is 0 Å². The molecular weight excluding hydrogens is 340 g/mol. The summed E-state index contributed by atoms with van der Waals surface area (Å²) in [5, 5.41) is 3.92. The first-order chi connectivity index (χ1) is 9.60. The fourth-order valence-corrected chi connectivity index (χ4v) is 2.63. The molecule has 0 spiro atoms. The highest BCUT2D eigenvalue weighted by Crippen LogP contribution is 2.24. The van der Waals surface area contributed by atoms with Crippen molar-refractivity contribution in [3.8, 4) is 0 Å². The summed E-state index contributed by atoms with van der Waals surface area (Å²) in [6, 6.07) is 8.04. The van der Waals surface area contributed by atoms with Crippen molar-refractivity contribution in [3.05, 3.63) is 40.5 Å². The number of hydrogen-bond acceptors (Lipinski definition) is 5. The van der Waals surface area contributed by atoms with Crippen LogP contribution in [-0.2, 0) is 10.5 Å². The number of halogens is 1. The Bertz CT molecular complexity index is 583. The molecule has 0 aliphatic rings. The molecule has 6 heteroatoms. The minimum absolute atomic E-state index is 0.112. The summed E-state index contributed by atoms with van der Waals surface area (Å²) in [4.78, 5) is 17.0. The molecule has 2 rings (SSSR count). The monoisotopic (exact) mass is 354 g/mol. The fourth-order valence-electron chi connectivity index (χ4n) is 1.62. The van der Waals surface area contributed by atoms with Gasteiger partial charge in [-0.3, -0.25) is 4.79 Å². The quantitative estimate of drug-likeness (QED) is 0.727. The van der Waals surface area contributed by atoms with Crippen molar-refractivity contribution < 1.29 is 9.32 Å². The molecule has 0 aliphatic heterocycles. The summed E-state index contributed by atoms with van der Waals surface area (Å²) in [5.74, 6) is 1.43. The van der Waals surface area contributed by atoms with Crippen LogP contribution in [0.15, 0.2) is 38.2 Å².